The summed E-state index contributed by atoms with van der Waals surface area (Å²) in [5, 5.41) is 13.3. The maximum absolute atomic E-state index is 12.2. The van der Waals surface area contributed by atoms with Gasteiger partial charge in [-0.15, -0.1) is 0 Å². The molecule has 0 aliphatic heterocycles. The molecule has 0 aliphatic rings. The number of rotatable bonds is 8. The van der Waals surface area contributed by atoms with E-state index in [0.29, 0.717) is 23.6 Å². The summed E-state index contributed by atoms with van der Waals surface area (Å²) < 4.78 is 5.57. The second-order valence-corrected chi connectivity index (χ2v) is 11.6. The third-order valence-electron chi connectivity index (χ3n) is 4.37. The van der Waals surface area contributed by atoms with Gasteiger partial charge in [-0.25, -0.2) is 4.98 Å². The first-order valence-electron chi connectivity index (χ1n) is 8.37. The number of hydrogen-bond donors (Lipinski definition) is 3. The van der Waals surface area contributed by atoms with Crippen LogP contribution in [0.2, 0.25) is 19.1 Å². The number of nitrogens with one attached hydrogen (secondary N) is 1. The van der Waals surface area contributed by atoms with Crippen LogP contribution in [0.25, 0.3) is 11.1 Å². The van der Waals surface area contributed by atoms with Crippen molar-refractivity contribution in [1.82, 2.24) is 10.3 Å². The summed E-state index contributed by atoms with van der Waals surface area (Å²) in [6.45, 7) is 5.54. The number of aliphatic hydroxyl groups excluding tert-OH is 1. The molecule has 2 rings (SSSR count). The van der Waals surface area contributed by atoms with Gasteiger partial charge in [0.05, 0.1) is 6.04 Å². The molecular formula is C17H25N3O4Si. The van der Waals surface area contributed by atoms with E-state index in [0.717, 1.165) is 0 Å². The number of oxazole rings is 1. The molecule has 2 aromatic rings. The van der Waals surface area contributed by atoms with Crippen molar-refractivity contribution < 1.29 is 19.1 Å². The van der Waals surface area contributed by atoms with Crippen LogP contribution in [0, 0.1) is 0 Å². The van der Waals surface area contributed by atoms with Crippen LogP contribution in [0.1, 0.15) is 31.8 Å². The van der Waals surface area contributed by atoms with Gasteiger partial charge < -0.3 is 20.6 Å². The molecule has 1 aromatic heterocycles. The third-order valence-corrected chi connectivity index (χ3v) is 7.21. The van der Waals surface area contributed by atoms with Crippen LogP contribution in [0.15, 0.2) is 28.7 Å². The van der Waals surface area contributed by atoms with Gasteiger partial charge in [0, 0.05) is 6.42 Å². The fourth-order valence-electron chi connectivity index (χ4n) is 2.42. The van der Waals surface area contributed by atoms with Crippen molar-refractivity contribution in [3.8, 4) is 0 Å². The number of primary amides is 1. The van der Waals surface area contributed by atoms with Crippen LogP contribution in [-0.4, -0.2) is 35.6 Å². The number of aliphatic hydroxyl groups is 1. The van der Waals surface area contributed by atoms with E-state index in [4.69, 9.17) is 10.2 Å². The molecule has 1 aromatic carbocycles. The Hall–Kier alpha value is -2.19. The van der Waals surface area contributed by atoms with E-state index in [1.54, 1.807) is 12.1 Å². The average Bonchev–Trinajstić information content (AvgIpc) is 3.01. The number of nitrogens with two attached hydrogens (primary N) is 1. The minimum atomic E-state index is -2.23. The predicted octanol–water partition coefficient (Wildman–Crippen LogP) is 2.51. The standard InChI is InChI=1S/C17H25N3O4Si/c1-4-11(19-14(21)9-10-25(2,3)17(18)23)15(22)16-20-12-7-5-6-8-13(12)24-16/h5-8,11,15,22H,4,9-10H2,1-3H3,(H2,18,23)(H,19,21)/t11-,15?/m1/s1. The monoisotopic (exact) mass is 363 g/mol. The van der Waals surface area contributed by atoms with Gasteiger partial charge in [-0.05, 0) is 24.6 Å². The zero-order valence-electron chi connectivity index (χ0n) is 14.8. The molecule has 4 N–H and O–H groups in total. The van der Waals surface area contributed by atoms with Crippen LogP contribution in [0.3, 0.4) is 0 Å². The Kier molecular flexibility index (Phi) is 5.96. The van der Waals surface area contributed by atoms with Crippen molar-refractivity contribution in [3.05, 3.63) is 30.2 Å². The van der Waals surface area contributed by atoms with Gasteiger partial charge in [-0.2, -0.15) is 0 Å². The zero-order valence-corrected chi connectivity index (χ0v) is 15.8. The summed E-state index contributed by atoms with van der Waals surface area (Å²) in [7, 11) is -2.23. The maximum atomic E-state index is 12.2. The SMILES string of the molecule is CC[C@@H](NC(=O)CC[Si](C)(C)C(N)=O)C(O)c1nc2ccccc2o1. The number of benzene rings is 1. The fourth-order valence-corrected chi connectivity index (χ4v) is 3.52. The first-order valence-corrected chi connectivity index (χ1v) is 11.6. The molecule has 7 nitrogen and oxygen atoms in total. The van der Waals surface area contributed by atoms with E-state index < -0.39 is 20.2 Å². The number of para-hydroxylation sites is 2. The van der Waals surface area contributed by atoms with Gasteiger partial charge in [0.1, 0.15) is 5.52 Å². The molecule has 0 radical (unpaired) electrons. The van der Waals surface area contributed by atoms with Gasteiger partial charge in [0.15, 0.2) is 25.3 Å². The number of carbonyl (C=O) groups excluding carboxylic acids is 2. The lowest BCUT2D eigenvalue weighted by molar-refractivity contribution is -0.122. The Labute approximate surface area is 147 Å². The number of amides is 2. The molecule has 2 atom stereocenters. The number of aromatic nitrogens is 1. The smallest absolute Gasteiger partial charge is 0.226 e. The van der Waals surface area contributed by atoms with E-state index in [1.165, 1.54) is 0 Å². The summed E-state index contributed by atoms with van der Waals surface area (Å²) in [6, 6.07) is 7.19. The molecule has 0 fully saturated rings. The Morgan fingerprint density at radius 1 is 1.36 bits per heavy atom. The summed E-state index contributed by atoms with van der Waals surface area (Å²) in [6.07, 6.45) is -0.316. The lowest BCUT2D eigenvalue weighted by Crippen LogP contribution is -2.44. The Morgan fingerprint density at radius 3 is 2.64 bits per heavy atom. The van der Waals surface area contributed by atoms with Crippen molar-refractivity contribution in [2.45, 2.75) is 51.0 Å². The molecule has 0 bridgehead atoms. The summed E-state index contributed by atoms with van der Waals surface area (Å²) in [4.78, 5) is 27.8. The van der Waals surface area contributed by atoms with Crippen molar-refractivity contribution in [2.24, 2.45) is 5.73 Å². The second kappa shape index (κ2) is 7.79. The highest BCUT2D eigenvalue weighted by Crippen LogP contribution is 2.23. The van der Waals surface area contributed by atoms with Crippen molar-refractivity contribution in [3.63, 3.8) is 0 Å². The predicted molar refractivity (Wildman–Crippen MR) is 97.7 cm³/mol. The van der Waals surface area contributed by atoms with Crippen molar-refractivity contribution in [2.75, 3.05) is 0 Å². The quantitative estimate of drug-likeness (QED) is 0.623. The number of fused-ring (bicyclic) bond motifs is 1. The Morgan fingerprint density at radius 2 is 2.04 bits per heavy atom. The number of hydrogen-bond acceptors (Lipinski definition) is 5. The Bertz CT molecular complexity index is 726. The summed E-state index contributed by atoms with van der Waals surface area (Å²) in [5.74, 6) is -0.0379. The second-order valence-electron chi connectivity index (χ2n) is 6.80. The molecule has 25 heavy (non-hydrogen) atoms. The maximum Gasteiger partial charge on any atom is 0.226 e. The summed E-state index contributed by atoms with van der Waals surface area (Å²) in [5.41, 5.74) is 6.32. The first kappa shape index (κ1) is 19.1. The molecule has 0 aliphatic carbocycles. The highest BCUT2D eigenvalue weighted by molar-refractivity contribution is 7.04. The van der Waals surface area contributed by atoms with E-state index in [2.05, 4.69) is 10.3 Å². The lowest BCUT2D eigenvalue weighted by Gasteiger charge is -2.22. The normalized spacial score (nSPS) is 14.2. The molecule has 1 heterocycles. The molecule has 2 amide bonds. The third kappa shape index (κ3) is 4.67. The molecular weight excluding hydrogens is 338 g/mol. The largest absolute Gasteiger partial charge is 0.438 e. The lowest BCUT2D eigenvalue weighted by atomic mass is 10.1. The van der Waals surface area contributed by atoms with Crippen LogP contribution < -0.4 is 11.1 Å². The van der Waals surface area contributed by atoms with Gasteiger partial charge >= 0.3 is 0 Å². The van der Waals surface area contributed by atoms with Crippen molar-refractivity contribution >= 4 is 30.6 Å². The van der Waals surface area contributed by atoms with Crippen LogP contribution in [0.4, 0.5) is 4.79 Å². The van der Waals surface area contributed by atoms with Crippen molar-refractivity contribution in [1.29, 1.82) is 0 Å². The van der Waals surface area contributed by atoms with Gasteiger partial charge in [-0.3, -0.25) is 9.59 Å². The fraction of sp³-hybridized carbons (Fsp3) is 0.471. The van der Waals surface area contributed by atoms with Gasteiger partial charge in [0.2, 0.25) is 11.8 Å². The van der Waals surface area contributed by atoms with Gasteiger partial charge in [0.25, 0.3) is 0 Å². The van der Waals surface area contributed by atoms with Gasteiger partial charge in [-0.1, -0.05) is 32.2 Å². The number of carbonyl (C=O) groups is 2. The van der Waals surface area contributed by atoms with E-state index >= 15 is 0 Å². The minimum Gasteiger partial charge on any atom is -0.438 e. The topological polar surface area (TPSA) is 118 Å². The Balaban J connectivity index is 2.01. The molecule has 1 unspecified atom stereocenters. The average molecular weight is 363 g/mol. The molecule has 0 spiro atoms. The number of nitrogens with zero attached hydrogens (tertiary/aromatic N) is 1. The van der Waals surface area contributed by atoms with Crippen LogP contribution in [-0.2, 0) is 4.79 Å². The minimum absolute atomic E-state index is 0.181. The molecule has 8 heteroatoms. The van der Waals surface area contributed by atoms with E-state index in [-0.39, 0.29) is 23.7 Å². The molecule has 136 valence electrons. The highest BCUT2D eigenvalue weighted by atomic mass is 28.3. The van der Waals surface area contributed by atoms with E-state index in [9.17, 15) is 14.7 Å². The van der Waals surface area contributed by atoms with Crippen LogP contribution in [0.5, 0.6) is 0 Å². The first-order chi connectivity index (χ1) is 11.7. The summed E-state index contributed by atoms with van der Waals surface area (Å²) >= 11 is 0. The molecule has 0 saturated heterocycles. The zero-order chi connectivity index (χ0) is 18.6. The highest BCUT2D eigenvalue weighted by Gasteiger charge is 2.30. The molecule has 0 saturated carbocycles. The van der Waals surface area contributed by atoms with Crippen LogP contribution >= 0.6 is 0 Å². The van der Waals surface area contributed by atoms with E-state index in [1.807, 2.05) is 32.2 Å².